The van der Waals surface area contributed by atoms with Crippen molar-refractivity contribution in [3.8, 4) is 5.95 Å². The zero-order valence-electron chi connectivity index (χ0n) is 17.5. The van der Waals surface area contributed by atoms with Crippen LogP contribution in [0.5, 0.6) is 5.95 Å². The fraction of sp³-hybridized carbons (Fsp3) is 0.250. The van der Waals surface area contributed by atoms with E-state index in [1.165, 1.54) is 11.7 Å². The minimum absolute atomic E-state index is 0.119. The Labute approximate surface area is 191 Å². The molecule has 2 amide bonds. The average Bonchev–Trinajstić information content (AvgIpc) is 3.25. The highest BCUT2D eigenvalue weighted by atomic mass is 32.2. The summed E-state index contributed by atoms with van der Waals surface area (Å²) in [7, 11) is 1.52. The normalized spacial score (nSPS) is 10.6. The van der Waals surface area contributed by atoms with Gasteiger partial charge >= 0.3 is 5.97 Å². The monoisotopic (exact) mass is 476 g/mol. The summed E-state index contributed by atoms with van der Waals surface area (Å²) in [5.41, 5.74) is 1.12. The number of carbonyl (C=O) groups is 3. The van der Waals surface area contributed by atoms with Crippen molar-refractivity contribution in [1.82, 2.24) is 5.27 Å². The minimum Gasteiger partial charge on any atom is -0.538 e. The molecule has 3 aromatic rings. The summed E-state index contributed by atoms with van der Waals surface area (Å²) in [4.78, 5) is 38.1. The number of hydrogen-bond acceptors (Lipinski definition) is 9. The van der Waals surface area contributed by atoms with Crippen LogP contribution in [0.15, 0.2) is 39.9 Å². The molecule has 0 bridgehead atoms. The first-order valence-electron chi connectivity index (χ1n) is 9.44. The number of nitrogens with one attached hydrogen (secondary N) is 2. The van der Waals surface area contributed by atoms with Crippen molar-refractivity contribution < 1.29 is 33.4 Å². The standard InChI is InChI=1S/C20H20N4O6S2/c1-4-29-19(27)14-11(2)15(16(26)21-12-8-6-5-7-9-12)32-17(14)22-13(25)10-31-18-20(28)30-23-24(18)3/h5-9H,4,10H2,1-3H3,(H2-,21,22,23,25,26,27,28). The lowest BCUT2D eigenvalue weighted by Crippen LogP contribution is -2.32. The SMILES string of the molecule is CCOC(=O)c1c(NC(=O)CSc2c([O-])on[n+]2C)sc(C(=O)Nc2ccccc2)c1C. The van der Waals surface area contributed by atoms with E-state index in [0.29, 0.717) is 11.3 Å². The van der Waals surface area contributed by atoms with E-state index in [1.54, 1.807) is 38.1 Å². The maximum Gasteiger partial charge on any atom is 0.341 e. The summed E-state index contributed by atoms with van der Waals surface area (Å²) in [6.07, 6.45) is 0. The molecule has 0 fully saturated rings. The van der Waals surface area contributed by atoms with Gasteiger partial charge in [0.05, 0.1) is 28.1 Å². The number of aryl methyl sites for hydroxylation is 1. The lowest BCUT2D eigenvalue weighted by molar-refractivity contribution is -0.772. The van der Waals surface area contributed by atoms with Gasteiger partial charge in [-0.25, -0.2) is 4.79 Å². The third-order valence-electron chi connectivity index (χ3n) is 4.17. The van der Waals surface area contributed by atoms with Crippen LogP contribution in [0.4, 0.5) is 10.7 Å². The molecule has 2 heterocycles. The molecule has 2 N–H and O–H groups in total. The number of thioether (sulfide) groups is 1. The summed E-state index contributed by atoms with van der Waals surface area (Å²) in [5.74, 6) is -2.31. The predicted octanol–water partition coefficient (Wildman–Crippen LogP) is 2.10. The molecule has 0 aliphatic heterocycles. The second kappa shape index (κ2) is 10.3. The van der Waals surface area contributed by atoms with E-state index in [-0.39, 0.29) is 32.8 Å². The zero-order valence-corrected chi connectivity index (χ0v) is 19.1. The highest BCUT2D eigenvalue weighted by Gasteiger charge is 2.27. The first-order chi connectivity index (χ1) is 15.3. The maximum atomic E-state index is 12.8. The van der Waals surface area contributed by atoms with Crippen LogP contribution in [-0.4, -0.2) is 35.4 Å². The molecule has 0 atom stereocenters. The van der Waals surface area contributed by atoms with Crippen LogP contribution >= 0.6 is 23.1 Å². The molecule has 168 valence electrons. The van der Waals surface area contributed by atoms with Crippen molar-refractivity contribution in [2.75, 3.05) is 23.0 Å². The van der Waals surface area contributed by atoms with Gasteiger partial charge in [0.15, 0.2) is 13.0 Å². The van der Waals surface area contributed by atoms with Gasteiger partial charge in [-0.15, -0.1) is 11.3 Å². The van der Waals surface area contributed by atoms with Gasteiger partial charge < -0.3 is 25.0 Å². The Morgan fingerprint density at radius 1 is 1.25 bits per heavy atom. The van der Waals surface area contributed by atoms with E-state index in [9.17, 15) is 19.5 Å². The lowest BCUT2D eigenvalue weighted by atomic mass is 10.1. The van der Waals surface area contributed by atoms with Crippen LogP contribution < -0.4 is 20.4 Å². The molecule has 0 aliphatic carbocycles. The minimum atomic E-state index is -0.649. The molecule has 0 radical (unpaired) electrons. The van der Waals surface area contributed by atoms with Crippen LogP contribution in [0, 0.1) is 6.92 Å². The van der Waals surface area contributed by atoms with Crippen LogP contribution in [0.25, 0.3) is 0 Å². The highest BCUT2D eigenvalue weighted by molar-refractivity contribution is 7.99. The van der Waals surface area contributed by atoms with Crippen molar-refractivity contribution in [3.63, 3.8) is 0 Å². The van der Waals surface area contributed by atoms with E-state index < -0.39 is 23.7 Å². The first-order valence-corrected chi connectivity index (χ1v) is 11.2. The average molecular weight is 477 g/mol. The highest BCUT2D eigenvalue weighted by Crippen LogP contribution is 2.34. The molecule has 0 saturated carbocycles. The predicted molar refractivity (Wildman–Crippen MR) is 116 cm³/mol. The molecule has 12 heteroatoms. The number of aromatic nitrogens is 2. The van der Waals surface area contributed by atoms with Gasteiger partial charge in [-0.05, 0) is 43.3 Å². The maximum absolute atomic E-state index is 12.8. The Hall–Kier alpha value is -3.38. The van der Waals surface area contributed by atoms with E-state index in [2.05, 4.69) is 20.4 Å². The van der Waals surface area contributed by atoms with Gasteiger partial charge in [-0.1, -0.05) is 22.9 Å². The summed E-state index contributed by atoms with van der Waals surface area (Å²) >= 11 is 1.92. The van der Waals surface area contributed by atoms with E-state index in [4.69, 9.17) is 4.74 Å². The van der Waals surface area contributed by atoms with Crippen LogP contribution in [0.2, 0.25) is 0 Å². The van der Waals surface area contributed by atoms with Gasteiger partial charge in [0.2, 0.25) is 5.91 Å². The quantitative estimate of drug-likeness (QED) is 0.286. The van der Waals surface area contributed by atoms with Crippen LogP contribution in [0.3, 0.4) is 0 Å². The molecule has 0 spiro atoms. The number of benzene rings is 1. The van der Waals surface area contributed by atoms with Gasteiger partial charge in [-0.2, -0.15) is 0 Å². The van der Waals surface area contributed by atoms with Gasteiger partial charge in [0.25, 0.3) is 10.9 Å². The van der Waals surface area contributed by atoms with Gasteiger partial charge in [0.1, 0.15) is 5.00 Å². The number of amides is 2. The molecule has 0 unspecified atom stereocenters. The Morgan fingerprint density at radius 2 is 1.97 bits per heavy atom. The third kappa shape index (κ3) is 5.26. The molecule has 32 heavy (non-hydrogen) atoms. The largest absolute Gasteiger partial charge is 0.538 e. The molecule has 10 nitrogen and oxygen atoms in total. The van der Waals surface area contributed by atoms with E-state index in [1.807, 2.05) is 6.07 Å². The topological polar surface area (TPSA) is 137 Å². The number of rotatable bonds is 8. The fourth-order valence-corrected chi connectivity index (χ4v) is 4.55. The molecule has 2 aromatic heterocycles. The molecule has 0 aliphatic rings. The van der Waals surface area contributed by atoms with E-state index >= 15 is 0 Å². The summed E-state index contributed by atoms with van der Waals surface area (Å²) in [6.45, 7) is 3.42. The summed E-state index contributed by atoms with van der Waals surface area (Å²) in [6, 6.07) is 8.87. The fourth-order valence-electron chi connectivity index (χ4n) is 2.73. The van der Waals surface area contributed by atoms with Gasteiger partial charge in [-0.3, -0.25) is 9.59 Å². The Morgan fingerprint density at radius 3 is 2.59 bits per heavy atom. The number of para-hydroxylation sites is 1. The third-order valence-corrected chi connectivity index (χ3v) is 6.49. The number of esters is 1. The van der Waals surface area contributed by atoms with Crippen molar-refractivity contribution in [2.45, 2.75) is 18.9 Å². The zero-order chi connectivity index (χ0) is 23.3. The number of nitrogens with zero attached hydrogens (tertiary/aromatic N) is 2. The molecular formula is C20H20N4O6S2. The second-order valence-electron chi connectivity index (χ2n) is 6.43. The molecular weight excluding hydrogens is 456 g/mol. The van der Waals surface area contributed by atoms with Crippen molar-refractivity contribution in [3.05, 3.63) is 46.3 Å². The molecule has 3 rings (SSSR count). The summed E-state index contributed by atoms with van der Waals surface area (Å²) < 4.78 is 10.9. The summed E-state index contributed by atoms with van der Waals surface area (Å²) in [5, 5.41) is 20.8. The van der Waals surface area contributed by atoms with Crippen molar-refractivity contribution in [1.29, 1.82) is 0 Å². The smallest absolute Gasteiger partial charge is 0.341 e. The van der Waals surface area contributed by atoms with Gasteiger partial charge in [0, 0.05) is 5.69 Å². The molecule has 1 aromatic carbocycles. The van der Waals surface area contributed by atoms with Crippen LogP contribution in [0.1, 0.15) is 32.5 Å². The number of carbonyl (C=O) groups excluding carboxylic acids is 3. The number of thiophene rings is 1. The lowest BCUT2D eigenvalue weighted by Gasteiger charge is -2.06. The number of hydrogen-bond donors (Lipinski definition) is 2. The Bertz CT molecular complexity index is 1120. The number of ether oxygens (including phenoxy) is 1. The number of anilines is 2. The van der Waals surface area contributed by atoms with Crippen molar-refractivity contribution >= 4 is 51.6 Å². The molecule has 0 saturated heterocycles. The Kier molecular flexibility index (Phi) is 7.49. The second-order valence-corrected chi connectivity index (χ2v) is 8.41. The van der Waals surface area contributed by atoms with E-state index in [0.717, 1.165) is 23.1 Å². The Balaban J connectivity index is 1.81. The van der Waals surface area contributed by atoms with Crippen molar-refractivity contribution in [2.24, 2.45) is 7.05 Å². The van der Waals surface area contributed by atoms with Crippen LogP contribution in [-0.2, 0) is 16.6 Å². The first kappa shape index (κ1) is 23.3.